The molecule has 3 aromatic carbocycles. The van der Waals surface area contributed by atoms with Gasteiger partial charge >= 0.3 is 11.9 Å². The second-order valence-electron chi connectivity index (χ2n) is 9.77. The Balaban J connectivity index is 1.68. The van der Waals surface area contributed by atoms with Crippen LogP contribution < -0.4 is 19.5 Å². The van der Waals surface area contributed by atoms with Crippen LogP contribution in [0.2, 0.25) is 0 Å². The quantitative estimate of drug-likeness (QED) is 0.279. The number of esters is 2. The van der Waals surface area contributed by atoms with E-state index in [2.05, 4.69) is 5.32 Å². The van der Waals surface area contributed by atoms with Crippen molar-refractivity contribution in [1.82, 2.24) is 0 Å². The van der Waals surface area contributed by atoms with E-state index in [-0.39, 0.29) is 5.88 Å². The van der Waals surface area contributed by atoms with Gasteiger partial charge in [0.2, 0.25) is 5.91 Å². The lowest BCUT2D eigenvalue weighted by molar-refractivity contribution is -0.143. The van der Waals surface area contributed by atoms with Crippen molar-refractivity contribution in [2.75, 3.05) is 18.3 Å². The van der Waals surface area contributed by atoms with Crippen LogP contribution in [0.5, 0.6) is 23.0 Å². The summed E-state index contributed by atoms with van der Waals surface area (Å²) in [7, 11) is 1.54. The van der Waals surface area contributed by atoms with Crippen LogP contribution in [0.15, 0.2) is 54.6 Å². The van der Waals surface area contributed by atoms with Gasteiger partial charge in [-0.3, -0.25) is 9.59 Å². The van der Waals surface area contributed by atoms with Gasteiger partial charge in [0, 0.05) is 34.5 Å². The molecular formula is C28H24ClNO7. The van der Waals surface area contributed by atoms with Gasteiger partial charge in [0.05, 0.1) is 18.1 Å². The van der Waals surface area contributed by atoms with Gasteiger partial charge in [-0.25, -0.2) is 4.79 Å². The molecule has 2 heterocycles. The fourth-order valence-electron chi connectivity index (χ4n) is 4.41. The number of hydrogen-bond donors (Lipinski definition) is 1. The zero-order valence-electron chi connectivity index (χ0n) is 20.6. The third-order valence-corrected chi connectivity index (χ3v) is 6.46. The highest BCUT2D eigenvalue weighted by atomic mass is 35.5. The highest BCUT2D eigenvalue weighted by Crippen LogP contribution is 2.57. The summed E-state index contributed by atoms with van der Waals surface area (Å²) in [5, 5.41) is 2.66. The minimum Gasteiger partial charge on any atom is -0.497 e. The SMILES string of the molecule is COc1ccc2c(c1)Oc1cc(OC(=O)C(C)(C)C)ccc1C21OC(=O)c2cc(NC(=O)CCl)ccc21. The van der Waals surface area contributed by atoms with Gasteiger partial charge in [-0.2, -0.15) is 0 Å². The lowest BCUT2D eigenvalue weighted by atomic mass is 9.77. The number of hydrogen-bond acceptors (Lipinski definition) is 7. The minimum absolute atomic E-state index is 0.215. The van der Waals surface area contributed by atoms with Crippen molar-refractivity contribution in [1.29, 1.82) is 0 Å². The molecule has 190 valence electrons. The van der Waals surface area contributed by atoms with Crippen molar-refractivity contribution in [2.45, 2.75) is 26.4 Å². The highest BCUT2D eigenvalue weighted by molar-refractivity contribution is 6.29. The maximum Gasteiger partial charge on any atom is 0.340 e. The number of halogens is 1. The Morgan fingerprint density at radius 1 is 0.946 bits per heavy atom. The van der Waals surface area contributed by atoms with E-state index in [1.165, 1.54) is 0 Å². The third-order valence-electron chi connectivity index (χ3n) is 6.21. The molecule has 0 bridgehead atoms. The highest BCUT2D eigenvalue weighted by Gasteiger charge is 2.53. The number of rotatable bonds is 4. The van der Waals surface area contributed by atoms with Gasteiger partial charge in [0.25, 0.3) is 0 Å². The Kier molecular flexibility index (Phi) is 5.87. The summed E-state index contributed by atoms with van der Waals surface area (Å²) in [5.74, 6) is 0.0626. The maximum absolute atomic E-state index is 13.2. The van der Waals surface area contributed by atoms with Gasteiger partial charge in [0.15, 0.2) is 5.60 Å². The van der Waals surface area contributed by atoms with Gasteiger partial charge in [0.1, 0.15) is 28.9 Å². The number of amides is 1. The van der Waals surface area contributed by atoms with E-state index in [1.54, 1.807) is 82.5 Å². The van der Waals surface area contributed by atoms with Crippen molar-refractivity contribution in [3.8, 4) is 23.0 Å². The molecule has 0 radical (unpaired) electrons. The molecule has 8 nitrogen and oxygen atoms in total. The van der Waals surface area contributed by atoms with E-state index in [1.807, 2.05) is 0 Å². The normalized spacial score (nSPS) is 17.2. The summed E-state index contributed by atoms with van der Waals surface area (Å²) < 4.78 is 23.3. The molecule has 0 fully saturated rings. The lowest BCUT2D eigenvalue weighted by Crippen LogP contribution is -2.33. The molecular weight excluding hydrogens is 498 g/mol. The van der Waals surface area contributed by atoms with Crippen molar-refractivity contribution >= 4 is 35.1 Å². The van der Waals surface area contributed by atoms with Crippen LogP contribution in [0, 0.1) is 5.41 Å². The number of anilines is 1. The van der Waals surface area contributed by atoms with Gasteiger partial charge < -0.3 is 24.3 Å². The number of fused-ring (bicyclic) bond motifs is 6. The van der Waals surface area contributed by atoms with Crippen molar-refractivity contribution in [3.63, 3.8) is 0 Å². The van der Waals surface area contributed by atoms with Crippen LogP contribution in [0.3, 0.4) is 0 Å². The van der Waals surface area contributed by atoms with E-state index in [0.29, 0.717) is 50.9 Å². The number of carbonyl (C=O) groups is 3. The monoisotopic (exact) mass is 521 g/mol. The Hall–Kier alpha value is -4.04. The molecule has 2 aliphatic rings. The first-order valence-electron chi connectivity index (χ1n) is 11.5. The summed E-state index contributed by atoms with van der Waals surface area (Å²) in [6.45, 7) is 5.29. The molecule has 5 rings (SSSR count). The second-order valence-corrected chi connectivity index (χ2v) is 10.0. The zero-order chi connectivity index (χ0) is 26.5. The van der Waals surface area contributed by atoms with Gasteiger partial charge in [-0.15, -0.1) is 11.6 Å². The van der Waals surface area contributed by atoms with Crippen LogP contribution >= 0.6 is 11.6 Å². The minimum atomic E-state index is -1.33. The topological polar surface area (TPSA) is 100 Å². The van der Waals surface area contributed by atoms with Gasteiger partial charge in [-0.05, 0) is 57.2 Å². The number of ether oxygens (including phenoxy) is 4. The van der Waals surface area contributed by atoms with Crippen LogP contribution in [0.1, 0.15) is 47.8 Å². The molecule has 1 spiro atoms. The molecule has 0 saturated heterocycles. The molecule has 1 amide bonds. The fourth-order valence-corrected chi connectivity index (χ4v) is 4.48. The maximum atomic E-state index is 13.2. The average Bonchev–Trinajstić information content (AvgIpc) is 3.15. The molecule has 0 aliphatic carbocycles. The third kappa shape index (κ3) is 4.07. The first-order valence-corrected chi connectivity index (χ1v) is 12.1. The summed E-state index contributed by atoms with van der Waals surface area (Å²) in [4.78, 5) is 37.5. The first-order chi connectivity index (χ1) is 17.6. The summed E-state index contributed by atoms with van der Waals surface area (Å²) in [5.41, 5.74) is 0.430. The van der Waals surface area contributed by atoms with E-state index in [4.69, 9.17) is 30.5 Å². The van der Waals surface area contributed by atoms with E-state index in [0.717, 1.165) is 0 Å². The zero-order valence-corrected chi connectivity index (χ0v) is 21.4. The molecule has 3 aromatic rings. The number of benzene rings is 3. The second kappa shape index (κ2) is 8.81. The number of alkyl halides is 1. The molecule has 37 heavy (non-hydrogen) atoms. The van der Waals surface area contributed by atoms with Gasteiger partial charge in [-0.1, -0.05) is 6.07 Å². The molecule has 9 heteroatoms. The van der Waals surface area contributed by atoms with Crippen LogP contribution in [-0.4, -0.2) is 30.8 Å². The van der Waals surface area contributed by atoms with E-state index < -0.39 is 28.9 Å². The predicted molar refractivity (Wildman–Crippen MR) is 136 cm³/mol. The smallest absolute Gasteiger partial charge is 0.340 e. The summed E-state index contributed by atoms with van der Waals surface area (Å²) in [6, 6.07) is 15.2. The molecule has 1 N–H and O–H groups in total. The summed E-state index contributed by atoms with van der Waals surface area (Å²) >= 11 is 5.61. The standard InChI is InChI=1S/C28H24ClNO7/c1-27(2,3)26(33)35-17-7-10-21-23(13-17)36-22-12-16(34-4)6-9-20(22)28(21)19-8-5-15(30-24(31)14-29)11-18(19)25(32)37-28/h5-13H,14H2,1-4H3,(H,30,31). The predicted octanol–water partition coefficient (Wildman–Crippen LogP) is 5.39. The molecule has 0 saturated carbocycles. The van der Waals surface area contributed by atoms with Crippen molar-refractivity contribution in [3.05, 3.63) is 76.9 Å². The molecule has 1 unspecified atom stereocenters. The Bertz CT molecular complexity index is 1460. The number of methoxy groups -OCH3 is 1. The molecule has 0 aromatic heterocycles. The Morgan fingerprint density at radius 2 is 1.57 bits per heavy atom. The van der Waals surface area contributed by atoms with Crippen LogP contribution in [-0.2, 0) is 19.9 Å². The first kappa shape index (κ1) is 24.6. The summed E-state index contributed by atoms with van der Waals surface area (Å²) in [6.07, 6.45) is 0. The van der Waals surface area contributed by atoms with Crippen LogP contribution in [0.4, 0.5) is 5.69 Å². The molecule has 2 aliphatic heterocycles. The fraction of sp³-hybridized carbons (Fsp3) is 0.250. The van der Waals surface area contributed by atoms with E-state index in [9.17, 15) is 14.4 Å². The lowest BCUT2D eigenvalue weighted by Gasteiger charge is -2.36. The van der Waals surface area contributed by atoms with E-state index >= 15 is 0 Å². The van der Waals surface area contributed by atoms with Crippen molar-refractivity contribution in [2.24, 2.45) is 5.41 Å². The number of nitrogens with one attached hydrogen (secondary N) is 1. The molecule has 1 atom stereocenters. The van der Waals surface area contributed by atoms with Crippen LogP contribution in [0.25, 0.3) is 0 Å². The Labute approximate surface area is 218 Å². The Morgan fingerprint density at radius 3 is 2.19 bits per heavy atom. The van der Waals surface area contributed by atoms with Crippen molar-refractivity contribution < 1.29 is 33.3 Å². The average molecular weight is 522 g/mol. The number of carbonyl (C=O) groups excluding carboxylic acids is 3. The largest absolute Gasteiger partial charge is 0.497 e.